The molecule has 1 aliphatic carbocycles. The first-order valence-electron chi connectivity index (χ1n) is 9.10. The predicted molar refractivity (Wildman–Crippen MR) is 93.7 cm³/mol. The Morgan fingerprint density at radius 2 is 1.83 bits per heavy atom. The molecular formula is C18H36N2O3. The average molecular weight is 328 g/mol. The van der Waals surface area contributed by atoms with Crippen molar-refractivity contribution in [3.8, 4) is 0 Å². The molecule has 0 saturated heterocycles. The highest BCUT2D eigenvalue weighted by Gasteiger charge is 2.21. The number of carbonyl (C=O) groups excluding carboxylic acids is 1. The van der Waals surface area contributed by atoms with E-state index < -0.39 is 5.60 Å². The van der Waals surface area contributed by atoms with Gasteiger partial charge in [0.05, 0.1) is 6.61 Å². The summed E-state index contributed by atoms with van der Waals surface area (Å²) in [4.78, 5) is 13.9. The summed E-state index contributed by atoms with van der Waals surface area (Å²) >= 11 is 0. The lowest BCUT2D eigenvalue weighted by Gasteiger charge is -2.27. The molecule has 0 radical (unpaired) electrons. The van der Waals surface area contributed by atoms with Crippen molar-refractivity contribution < 1.29 is 14.3 Å². The SMILES string of the molecule is COCCN(CCNCCC1CCCCC1)C(=O)OC(C)(C)C. The van der Waals surface area contributed by atoms with Crippen molar-refractivity contribution in [1.29, 1.82) is 0 Å². The van der Waals surface area contributed by atoms with Gasteiger partial charge in [-0.15, -0.1) is 0 Å². The molecular weight excluding hydrogens is 292 g/mol. The Kier molecular flexibility index (Phi) is 9.56. The molecule has 0 unspecified atom stereocenters. The Balaban J connectivity index is 2.23. The van der Waals surface area contributed by atoms with E-state index in [4.69, 9.17) is 9.47 Å². The van der Waals surface area contributed by atoms with Crippen molar-refractivity contribution in [2.24, 2.45) is 5.92 Å². The van der Waals surface area contributed by atoms with Gasteiger partial charge >= 0.3 is 6.09 Å². The molecule has 0 aromatic carbocycles. The van der Waals surface area contributed by atoms with Crippen molar-refractivity contribution in [3.05, 3.63) is 0 Å². The van der Waals surface area contributed by atoms with Crippen molar-refractivity contribution in [3.63, 3.8) is 0 Å². The first-order valence-corrected chi connectivity index (χ1v) is 9.10. The van der Waals surface area contributed by atoms with E-state index in [1.807, 2.05) is 20.8 Å². The monoisotopic (exact) mass is 328 g/mol. The molecule has 1 saturated carbocycles. The van der Waals surface area contributed by atoms with Crippen LogP contribution in [-0.2, 0) is 9.47 Å². The number of methoxy groups -OCH3 is 1. The Labute approximate surface area is 142 Å². The standard InChI is InChI=1S/C18H36N2O3/c1-18(2,3)23-17(21)20(14-15-22-4)13-12-19-11-10-16-8-6-5-7-9-16/h16,19H,5-15H2,1-4H3. The first kappa shape index (κ1) is 20.2. The lowest BCUT2D eigenvalue weighted by atomic mass is 9.87. The van der Waals surface area contributed by atoms with Crippen LogP contribution in [0.4, 0.5) is 4.79 Å². The van der Waals surface area contributed by atoms with Gasteiger partial charge < -0.3 is 19.7 Å². The lowest BCUT2D eigenvalue weighted by Crippen LogP contribution is -2.42. The van der Waals surface area contributed by atoms with Gasteiger partial charge in [-0.1, -0.05) is 32.1 Å². The molecule has 136 valence electrons. The Morgan fingerprint density at radius 1 is 1.13 bits per heavy atom. The van der Waals surface area contributed by atoms with E-state index in [0.717, 1.165) is 19.0 Å². The number of rotatable bonds is 9. The van der Waals surface area contributed by atoms with Gasteiger partial charge in [-0.25, -0.2) is 4.79 Å². The second-order valence-corrected chi connectivity index (χ2v) is 7.50. The van der Waals surface area contributed by atoms with Gasteiger partial charge in [-0.3, -0.25) is 0 Å². The molecule has 0 heterocycles. The van der Waals surface area contributed by atoms with Crippen LogP contribution in [0.2, 0.25) is 0 Å². The fourth-order valence-electron chi connectivity index (χ4n) is 2.94. The minimum absolute atomic E-state index is 0.261. The van der Waals surface area contributed by atoms with E-state index in [2.05, 4.69) is 5.32 Å². The lowest BCUT2D eigenvalue weighted by molar-refractivity contribution is 0.0204. The van der Waals surface area contributed by atoms with Crippen molar-refractivity contribution >= 4 is 6.09 Å². The maximum Gasteiger partial charge on any atom is 0.410 e. The highest BCUT2D eigenvalue weighted by Crippen LogP contribution is 2.25. The first-order chi connectivity index (χ1) is 10.9. The molecule has 5 nitrogen and oxygen atoms in total. The summed E-state index contributed by atoms with van der Waals surface area (Å²) in [6.45, 7) is 9.26. The molecule has 0 aromatic heterocycles. The Bertz CT molecular complexity index is 323. The largest absolute Gasteiger partial charge is 0.444 e. The van der Waals surface area contributed by atoms with E-state index in [1.54, 1.807) is 12.0 Å². The molecule has 5 heteroatoms. The van der Waals surface area contributed by atoms with Gasteiger partial charge in [-0.2, -0.15) is 0 Å². The zero-order valence-corrected chi connectivity index (χ0v) is 15.5. The molecule has 0 bridgehead atoms. The zero-order chi connectivity index (χ0) is 17.1. The maximum atomic E-state index is 12.2. The van der Waals surface area contributed by atoms with Gasteiger partial charge in [0, 0.05) is 26.7 Å². The van der Waals surface area contributed by atoms with Crippen LogP contribution in [0.1, 0.15) is 59.3 Å². The Morgan fingerprint density at radius 3 is 2.43 bits per heavy atom. The summed E-state index contributed by atoms with van der Waals surface area (Å²) in [6.07, 6.45) is 7.98. The van der Waals surface area contributed by atoms with Gasteiger partial charge in [0.1, 0.15) is 5.60 Å². The van der Waals surface area contributed by atoms with E-state index in [0.29, 0.717) is 19.7 Å². The van der Waals surface area contributed by atoms with Crippen LogP contribution in [0.15, 0.2) is 0 Å². The van der Waals surface area contributed by atoms with E-state index in [9.17, 15) is 4.79 Å². The number of ether oxygens (including phenoxy) is 2. The smallest absolute Gasteiger partial charge is 0.410 e. The van der Waals surface area contributed by atoms with Crippen molar-refractivity contribution in [2.45, 2.75) is 64.9 Å². The fourth-order valence-corrected chi connectivity index (χ4v) is 2.94. The number of hydrogen-bond acceptors (Lipinski definition) is 4. The average Bonchev–Trinajstić information content (AvgIpc) is 2.49. The van der Waals surface area contributed by atoms with Crippen LogP contribution >= 0.6 is 0 Å². The van der Waals surface area contributed by atoms with Crippen LogP contribution in [0.5, 0.6) is 0 Å². The summed E-state index contributed by atoms with van der Waals surface area (Å²) in [5.41, 5.74) is -0.461. The minimum atomic E-state index is -0.461. The number of hydrogen-bond donors (Lipinski definition) is 1. The maximum absolute atomic E-state index is 12.2. The van der Waals surface area contributed by atoms with Crippen LogP contribution in [0, 0.1) is 5.92 Å². The topological polar surface area (TPSA) is 50.8 Å². The summed E-state index contributed by atoms with van der Waals surface area (Å²) in [5, 5.41) is 3.47. The third-order valence-electron chi connectivity index (χ3n) is 4.23. The molecule has 1 fully saturated rings. The third kappa shape index (κ3) is 9.82. The van der Waals surface area contributed by atoms with Crippen molar-refractivity contribution in [1.82, 2.24) is 10.2 Å². The molecule has 0 atom stereocenters. The summed E-state index contributed by atoms with van der Waals surface area (Å²) in [6, 6.07) is 0. The Hall–Kier alpha value is -0.810. The summed E-state index contributed by atoms with van der Waals surface area (Å²) in [5.74, 6) is 0.895. The number of amides is 1. The van der Waals surface area contributed by atoms with Gasteiger partial charge in [0.2, 0.25) is 0 Å². The van der Waals surface area contributed by atoms with Gasteiger partial charge in [0.15, 0.2) is 0 Å². The molecule has 23 heavy (non-hydrogen) atoms. The molecule has 0 aliphatic heterocycles. The van der Waals surface area contributed by atoms with Gasteiger partial charge in [0.25, 0.3) is 0 Å². The van der Waals surface area contributed by atoms with Crippen LogP contribution < -0.4 is 5.32 Å². The number of nitrogens with zero attached hydrogens (tertiary/aromatic N) is 1. The molecule has 1 aliphatic rings. The van der Waals surface area contributed by atoms with Crippen LogP contribution in [0.3, 0.4) is 0 Å². The van der Waals surface area contributed by atoms with Gasteiger partial charge in [-0.05, 0) is 39.7 Å². The number of nitrogens with one attached hydrogen (secondary N) is 1. The minimum Gasteiger partial charge on any atom is -0.444 e. The normalized spacial score (nSPS) is 16.3. The van der Waals surface area contributed by atoms with Crippen LogP contribution in [0.25, 0.3) is 0 Å². The molecule has 1 N–H and O–H groups in total. The van der Waals surface area contributed by atoms with E-state index in [1.165, 1.54) is 38.5 Å². The molecule has 1 rings (SSSR count). The molecule has 0 spiro atoms. The quantitative estimate of drug-likeness (QED) is 0.659. The summed E-state index contributed by atoms with van der Waals surface area (Å²) < 4.78 is 10.5. The van der Waals surface area contributed by atoms with Crippen molar-refractivity contribution in [2.75, 3.05) is 39.9 Å². The van der Waals surface area contributed by atoms with E-state index in [-0.39, 0.29) is 6.09 Å². The molecule has 1 amide bonds. The second-order valence-electron chi connectivity index (χ2n) is 7.50. The number of carbonyl (C=O) groups is 1. The van der Waals surface area contributed by atoms with Crippen LogP contribution in [-0.4, -0.2) is 56.5 Å². The third-order valence-corrected chi connectivity index (χ3v) is 4.23. The van der Waals surface area contributed by atoms with E-state index >= 15 is 0 Å². The second kappa shape index (κ2) is 10.9. The fraction of sp³-hybridized carbons (Fsp3) is 0.944. The highest BCUT2D eigenvalue weighted by atomic mass is 16.6. The highest BCUT2D eigenvalue weighted by molar-refractivity contribution is 5.68. The summed E-state index contributed by atoms with van der Waals surface area (Å²) in [7, 11) is 1.65. The predicted octanol–water partition coefficient (Wildman–Crippen LogP) is 3.43. The molecule has 0 aromatic rings. The zero-order valence-electron chi connectivity index (χ0n) is 15.5.